The quantitative estimate of drug-likeness (QED) is 0.503. The van der Waals surface area contributed by atoms with Gasteiger partial charge in [-0.15, -0.1) is 0 Å². The smallest absolute Gasteiger partial charge is 0.345 e. The molecule has 20 heavy (non-hydrogen) atoms. The fourth-order valence-corrected chi connectivity index (χ4v) is 1.93. The molecule has 5 heteroatoms. The van der Waals surface area contributed by atoms with Crippen LogP contribution in [0.4, 0.5) is 0 Å². The van der Waals surface area contributed by atoms with Gasteiger partial charge in [-0.2, -0.15) is 0 Å². The van der Waals surface area contributed by atoms with Gasteiger partial charge in [-0.1, -0.05) is 39.0 Å². The number of phenols is 3. The predicted molar refractivity (Wildman–Crippen MR) is 75.1 cm³/mol. The third-order valence-corrected chi connectivity index (χ3v) is 3.02. The van der Waals surface area contributed by atoms with Crippen LogP contribution in [0.5, 0.6) is 17.2 Å². The van der Waals surface area contributed by atoms with Gasteiger partial charge in [0.1, 0.15) is 22.8 Å². The summed E-state index contributed by atoms with van der Waals surface area (Å²) < 4.78 is 5.00. The molecular formula is C15H22O5. The molecule has 0 aliphatic carbocycles. The van der Waals surface area contributed by atoms with E-state index >= 15 is 0 Å². The Morgan fingerprint density at radius 2 is 1.55 bits per heavy atom. The molecule has 0 aliphatic rings. The number of unbranched alkanes of at least 4 members (excludes halogenated alkanes) is 5. The number of aromatic hydroxyl groups is 3. The maximum atomic E-state index is 11.7. The van der Waals surface area contributed by atoms with Crippen LogP contribution < -0.4 is 0 Å². The predicted octanol–water partition coefficient (Wildman–Crippen LogP) is 3.32. The van der Waals surface area contributed by atoms with E-state index in [-0.39, 0.29) is 17.9 Å². The maximum Gasteiger partial charge on any atom is 0.345 e. The Hall–Kier alpha value is -1.91. The van der Waals surface area contributed by atoms with Gasteiger partial charge in [0.05, 0.1) is 6.61 Å². The standard InChI is InChI=1S/C15H22O5/c1-2-3-4-5-6-7-8-20-15(19)14-12(17)9-11(16)10-13(14)18/h9-10,16-18H,2-8H2,1H3. The second kappa shape index (κ2) is 8.30. The lowest BCUT2D eigenvalue weighted by molar-refractivity contribution is 0.0491. The van der Waals surface area contributed by atoms with Crippen molar-refractivity contribution in [3.05, 3.63) is 17.7 Å². The zero-order valence-corrected chi connectivity index (χ0v) is 11.8. The minimum atomic E-state index is -0.784. The van der Waals surface area contributed by atoms with E-state index in [0.29, 0.717) is 0 Å². The highest BCUT2D eigenvalue weighted by Gasteiger charge is 2.18. The van der Waals surface area contributed by atoms with Crippen LogP contribution in [-0.2, 0) is 4.74 Å². The third kappa shape index (κ3) is 4.99. The molecule has 0 radical (unpaired) electrons. The van der Waals surface area contributed by atoms with Crippen molar-refractivity contribution >= 4 is 5.97 Å². The van der Waals surface area contributed by atoms with Crippen molar-refractivity contribution in [1.29, 1.82) is 0 Å². The second-order valence-corrected chi connectivity index (χ2v) is 4.76. The molecule has 0 saturated heterocycles. The molecule has 0 bridgehead atoms. The van der Waals surface area contributed by atoms with E-state index in [2.05, 4.69) is 6.92 Å². The van der Waals surface area contributed by atoms with Crippen molar-refractivity contribution in [2.75, 3.05) is 6.61 Å². The van der Waals surface area contributed by atoms with E-state index in [9.17, 15) is 15.0 Å². The average Bonchev–Trinajstić information content (AvgIpc) is 2.36. The zero-order chi connectivity index (χ0) is 15.0. The van der Waals surface area contributed by atoms with E-state index in [0.717, 1.165) is 31.4 Å². The summed E-state index contributed by atoms with van der Waals surface area (Å²) in [6.07, 6.45) is 6.45. The number of phenolic OH excluding ortho intramolecular Hbond substituents is 3. The molecule has 5 nitrogen and oxygen atoms in total. The summed E-state index contributed by atoms with van der Waals surface area (Å²) >= 11 is 0. The molecular weight excluding hydrogens is 260 g/mol. The monoisotopic (exact) mass is 282 g/mol. The van der Waals surface area contributed by atoms with Crippen LogP contribution in [0.3, 0.4) is 0 Å². The molecule has 112 valence electrons. The first-order chi connectivity index (χ1) is 9.56. The van der Waals surface area contributed by atoms with Crippen molar-refractivity contribution < 1.29 is 24.9 Å². The van der Waals surface area contributed by atoms with E-state index < -0.39 is 17.5 Å². The van der Waals surface area contributed by atoms with Gasteiger partial charge in [0, 0.05) is 12.1 Å². The summed E-state index contributed by atoms with van der Waals surface area (Å²) in [5.41, 5.74) is -0.311. The zero-order valence-electron chi connectivity index (χ0n) is 11.8. The van der Waals surface area contributed by atoms with E-state index in [1.54, 1.807) is 0 Å². The van der Waals surface area contributed by atoms with Gasteiger partial charge in [-0.05, 0) is 6.42 Å². The number of benzene rings is 1. The normalized spacial score (nSPS) is 10.4. The van der Waals surface area contributed by atoms with Crippen LogP contribution in [0.1, 0.15) is 55.8 Å². The molecule has 0 amide bonds. The van der Waals surface area contributed by atoms with Gasteiger partial charge < -0.3 is 20.1 Å². The fourth-order valence-electron chi connectivity index (χ4n) is 1.93. The molecule has 1 rings (SSSR count). The lowest BCUT2D eigenvalue weighted by Crippen LogP contribution is -2.07. The van der Waals surface area contributed by atoms with Crippen molar-refractivity contribution in [2.24, 2.45) is 0 Å². The maximum absolute atomic E-state index is 11.7. The molecule has 0 unspecified atom stereocenters. The van der Waals surface area contributed by atoms with Crippen LogP contribution in [0.25, 0.3) is 0 Å². The summed E-state index contributed by atoms with van der Waals surface area (Å²) in [7, 11) is 0. The minimum Gasteiger partial charge on any atom is -0.508 e. The Balaban J connectivity index is 2.37. The lowest BCUT2D eigenvalue weighted by atomic mass is 10.1. The van der Waals surface area contributed by atoms with Crippen LogP contribution in [0, 0.1) is 0 Å². The van der Waals surface area contributed by atoms with Crippen molar-refractivity contribution in [3.8, 4) is 17.2 Å². The van der Waals surface area contributed by atoms with Gasteiger partial charge in [0.2, 0.25) is 0 Å². The third-order valence-electron chi connectivity index (χ3n) is 3.02. The Labute approximate surface area is 118 Å². The number of hydrogen-bond donors (Lipinski definition) is 3. The summed E-state index contributed by atoms with van der Waals surface area (Å²) in [5.74, 6) is -2.08. The largest absolute Gasteiger partial charge is 0.508 e. The lowest BCUT2D eigenvalue weighted by Gasteiger charge is -2.08. The van der Waals surface area contributed by atoms with E-state index in [1.807, 2.05) is 0 Å². The fraction of sp³-hybridized carbons (Fsp3) is 0.533. The molecule has 1 aromatic rings. The van der Waals surface area contributed by atoms with Crippen molar-refractivity contribution in [3.63, 3.8) is 0 Å². The molecule has 1 aromatic carbocycles. The molecule has 0 fully saturated rings. The summed E-state index contributed by atoms with van der Waals surface area (Å²) in [5, 5.41) is 28.2. The Morgan fingerprint density at radius 3 is 2.15 bits per heavy atom. The van der Waals surface area contributed by atoms with Gasteiger partial charge in [0.15, 0.2) is 0 Å². The first-order valence-corrected chi connectivity index (χ1v) is 6.98. The molecule has 3 N–H and O–H groups in total. The highest BCUT2D eigenvalue weighted by molar-refractivity contribution is 5.95. The summed E-state index contributed by atoms with van der Waals surface area (Å²) in [6, 6.07) is 1.97. The highest BCUT2D eigenvalue weighted by atomic mass is 16.5. The molecule has 0 saturated carbocycles. The van der Waals surface area contributed by atoms with Gasteiger partial charge >= 0.3 is 5.97 Å². The van der Waals surface area contributed by atoms with Crippen molar-refractivity contribution in [2.45, 2.75) is 45.4 Å². The minimum absolute atomic E-state index is 0.255. The van der Waals surface area contributed by atoms with Crippen LogP contribution in [-0.4, -0.2) is 27.9 Å². The van der Waals surface area contributed by atoms with E-state index in [4.69, 9.17) is 9.84 Å². The Bertz CT molecular complexity index is 419. The molecule has 0 spiro atoms. The van der Waals surface area contributed by atoms with Crippen LogP contribution in [0.2, 0.25) is 0 Å². The van der Waals surface area contributed by atoms with E-state index in [1.165, 1.54) is 19.3 Å². The SMILES string of the molecule is CCCCCCCCOC(=O)c1c(O)cc(O)cc1O. The Morgan fingerprint density at radius 1 is 1.00 bits per heavy atom. The first-order valence-electron chi connectivity index (χ1n) is 6.98. The second-order valence-electron chi connectivity index (χ2n) is 4.76. The van der Waals surface area contributed by atoms with Crippen LogP contribution >= 0.6 is 0 Å². The van der Waals surface area contributed by atoms with Crippen LogP contribution in [0.15, 0.2) is 12.1 Å². The molecule has 0 aromatic heterocycles. The van der Waals surface area contributed by atoms with Gasteiger partial charge in [-0.25, -0.2) is 4.79 Å². The molecule has 0 heterocycles. The number of carbonyl (C=O) groups is 1. The number of rotatable bonds is 8. The van der Waals surface area contributed by atoms with Gasteiger partial charge in [0.25, 0.3) is 0 Å². The summed E-state index contributed by atoms with van der Waals surface area (Å²) in [4.78, 5) is 11.7. The highest BCUT2D eigenvalue weighted by Crippen LogP contribution is 2.32. The topological polar surface area (TPSA) is 87.0 Å². The first kappa shape index (κ1) is 16.1. The van der Waals surface area contributed by atoms with Gasteiger partial charge in [-0.3, -0.25) is 0 Å². The molecule has 0 atom stereocenters. The number of ether oxygens (including phenoxy) is 1. The average molecular weight is 282 g/mol. The molecule has 0 aliphatic heterocycles. The number of hydrogen-bond acceptors (Lipinski definition) is 5. The Kier molecular flexibility index (Phi) is 6.70. The number of esters is 1. The van der Waals surface area contributed by atoms with Crippen molar-refractivity contribution in [1.82, 2.24) is 0 Å². The number of carbonyl (C=O) groups excluding carboxylic acids is 1. The summed E-state index contributed by atoms with van der Waals surface area (Å²) in [6.45, 7) is 2.41.